The van der Waals surface area contributed by atoms with Crippen LogP contribution >= 0.6 is 22.6 Å². The van der Waals surface area contributed by atoms with Gasteiger partial charge in [0.05, 0.1) is 0 Å². The molecular formula is C20H21IN2O2. The quantitative estimate of drug-likeness (QED) is 0.701. The number of hydrogen-bond acceptors (Lipinski definition) is 2. The van der Waals surface area contributed by atoms with Crippen LogP contribution in [0.1, 0.15) is 46.9 Å². The Balaban J connectivity index is 1.67. The molecule has 1 unspecified atom stereocenters. The number of anilines is 1. The normalized spacial score (nSPS) is 17.2. The number of halogens is 1. The lowest BCUT2D eigenvalue weighted by Gasteiger charge is -2.33. The summed E-state index contributed by atoms with van der Waals surface area (Å²) in [5.41, 5.74) is 1.97. The molecule has 1 aliphatic rings. The average molecular weight is 448 g/mol. The van der Waals surface area contributed by atoms with Crippen molar-refractivity contribution in [3.8, 4) is 0 Å². The Morgan fingerprint density at radius 3 is 2.52 bits per heavy atom. The minimum Gasteiger partial charge on any atom is -0.336 e. The molecule has 0 saturated carbocycles. The van der Waals surface area contributed by atoms with Crippen molar-refractivity contribution in [1.82, 2.24) is 4.90 Å². The van der Waals surface area contributed by atoms with Crippen molar-refractivity contribution in [2.75, 3.05) is 11.9 Å². The number of rotatable bonds is 3. The number of nitrogens with zero attached hydrogens (tertiary/aromatic N) is 1. The highest BCUT2D eigenvalue weighted by Crippen LogP contribution is 2.20. The van der Waals surface area contributed by atoms with E-state index in [9.17, 15) is 9.59 Å². The van der Waals surface area contributed by atoms with Crippen molar-refractivity contribution in [2.24, 2.45) is 0 Å². The molecule has 1 atom stereocenters. The molecule has 1 saturated heterocycles. The van der Waals surface area contributed by atoms with E-state index in [1.54, 1.807) is 30.3 Å². The van der Waals surface area contributed by atoms with E-state index < -0.39 is 0 Å². The van der Waals surface area contributed by atoms with Gasteiger partial charge in [0.15, 0.2) is 0 Å². The Labute approximate surface area is 161 Å². The topological polar surface area (TPSA) is 49.4 Å². The van der Waals surface area contributed by atoms with Gasteiger partial charge < -0.3 is 10.2 Å². The zero-order chi connectivity index (χ0) is 17.8. The largest absolute Gasteiger partial charge is 0.336 e. The van der Waals surface area contributed by atoms with Crippen molar-refractivity contribution in [2.45, 2.75) is 32.2 Å². The first-order valence-corrected chi connectivity index (χ1v) is 9.60. The third-order valence-electron chi connectivity index (χ3n) is 4.54. The minimum atomic E-state index is -0.151. The van der Waals surface area contributed by atoms with Gasteiger partial charge in [0.2, 0.25) is 0 Å². The summed E-state index contributed by atoms with van der Waals surface area (Å²) >= 11 is 2.18. The lowest BCUT2D eigenvalue weighted by molar-refractivity contribution is 0.0635. The van der Waals surface area contributed by atoms with Crippen molar-refractivity contribution in [3.63, 3.8) is 0 Å². The standard InChI is InChI=1S/C20H21IN2O2/c1-14-5-2-3-12-23(14)20(25)15-8-10-18(11-9-15)22-19(24)16-6-4-7-17(21)13-16/h4,6-11,13-14H,2-3,5,12H2,1H3,(H,22,24). The molecule has 2 amide bonds. The van der Waals surface area contributed by atoms with Gasteiger partial charge in [0.1, 0.15) is 0 Å². The summed E-state index contributed by atoms with van der Waals surface area (Å²) in [5, 5.41) is 2.87. The summed E-state index contributed by atoms with van der Waals surface area (Å²) in [5.74, 6) is -0.0788. The molecule has 1 N–H and O–H groups in total. The summed E-state index contributed by atoms with van der Waals surface area (Å²) < 4.78 is 1.02. The van der Waals surface area contributed by atoms with Crippen LogP contribution in [0.15, 0.2) is 48.5 Å². The Hall–Kier alpha value is -1.89. The molecule has 3 rings (SSSR count). The zero-order valence-electron chi connectivity index (χ0n) is 14.2. The molecule has 4 nitrogen and oxygen atoms in total. The number of hydrogen-bond donors (Lipinski definition) is 1. The van der Waals surface area contributed by atoms with Crippen LogP contribution in [0.25, 0.3) is 0 Å². The Bertz CT molecular complexity index is 774. The van der Waals surface area contributed by atoms with E-state index in [-0.39, 0.29) is 11.8 Å². The minimum absolute atomic E-state index is 0.0719. The molecule has 1 fully saturated rings. The van der Waals surface area contributed by atoms with E-state index >= 15 is 0 Å². The zero-order valence-corrected chi connectivity index (χ0v) is 16.3. The fourth-order valence-corrected chi connectivity index (χ4v) is 3.64. The molecule has 1 aliphatic heterocycles. The Morgan fingerprint density at radius 2 is 1.84 bits per heavy atom. The first kappa shape index (κ1) is 17.9. The second kappa shape index (κ2) is 7.99. The molecule has 2 aromatic carbocycles. The molecule has 0 bridgehead atoms. The second-order valence-electron chi connectivity index (χ2n) is 6.39. The summed E-state index contributed by atoms with van der Waals surface area (Å²) in [4.78, 5) is 26.9. The van der Waals surface area contributed by atoms with Crippen molar-refractivity contribution < 1.29 is 9.59 Å². The van der Waals surface area contributed by atoms with Crippen molar-refractivity contribution >= 4 is 40.1 Å². The maximum absolute atomic E-state index is 12.6. The van der Waals surface area contributed by atoms with Crippen LogP contribution in [0.2, 0.25) is 0 Å². The van der Waals surface area contributed by atoms with Crippen molar-refractivity contribution in [1.29, 1.82) is 0 Å². The highest BCUT2D eigenvalue weighted by atomic mass is 127. The molecule has 1 heterocycles. The Morgan fingerprint density at radius 1 is 1.08 bits per heavy atom. The number of likely N-dealkylation sites (tertiary alicyclic amines) is 1. The van der Waals surface area contributed by atoms with E-state index in [2.05, 4.69) is 34.8 Å². The predicted octanol–water partition coefficient (Wildman–Crippen LogP) is 4.56. The predicted molar refractivity (Wildman–Crippen MR) is 108 cm³/mol. The molecule has 5 heteroatoms. The van der Waals surface area contributed by atoms with E-state index in [1.165, 1.54) is 6.42 Å². The van der Waals surface area contributed by atoms with E-state index in [1.807, 2.05) is 23.1 Å². The van der Waals surface area contributed by atoms with Crippen LogP contribution in [0.3, 0.4) is 0 Å². The van der Waals surface area contributed by atoms with Gasteiger partial charge in [0, 0.05) is 33.0 Å². The van der Waals surface area contributed by atoms with Crippen LogP contribution < -0.4 is 5.32 Å². The van der Waals surface area contributed by atoms with Crippen molar-refractivity contribution in [3.05, 3.63) is 63.2 Å². The van der Waals surface area contributed by atoms with Crippen LogP contribution in [-0.2, 0) is 0 Å². The lowest BCUT2D eigenvalue weighted by Crippen LogP contribution is -2.42. The maximum Gasteiger partial charge on any atom is 0.255 e. The van der Waals surface area contributed by atoms with E-state index in [0.29, 0.717) is 22.9 Å². The molecule has 0 spiro atoms. The number of carbonyl (C=O) groups is 2. The number of nitrogens with one attached hydrogen (secondary N) is 1. The fraction of sp³-hybridized carbons (Fsp3) is 0.300. The smallest absolute Gasteiger partial charge is 0.255 e. The lowest BCUT2D eigenvalue weighted by atomic mass is 10.0. The van der Waals surface area contributed by atoms with Gasteiger partial charge in [-0.2, -0.15) is 0 Å². The van der Waals surface area contributed by atoms with Gasteiger partial charge in [-0.3, -0.25) is 9.59 Å². The van der Waals surface area contributed by atoms with Crippen LogP contribution in [-0.4, -0.2) is 29.3 Å². The highest BCUT2D eigenvalue weighted by molar-refractivity contribution is 14.1. The number of benzene rings is 2. The van der Waals surface area contributed by atoms with Gasteiger partial charge >= 0.3 is 0 Å². The number of carbonyl (C=O) groups excluding carboxylic acids is 2. The third kappa shape index (κ3) is 4.39. The van der Waals surface area contributed by atoms with Crippen LogP contribution in [0.5, 0.6) is 0 Å². The molecule has 25 heavy (non-hydrogen) atoms. The third-order valence-corrected chi connectivity index (χ3v) is 5.21. The molecule has 130 valence electrons. The van der Waals surface area contributed by atoms with Gasteiger partial charge in [0.25, 0.3) is 11.8 Å². The van der Waals surface area contributed by atoms with Gasteiger partial charge in [-0.1, -0.05) is 6.07 Å². The highest BCUT2D eigenvalue weighted by Gasteiger charge is 2.24. The van der Waals surface area contributed by atoms with Gasteiger partial charge in [-0.15, -0.1) is 0 Å². The van der Waals surface area contributed by atoms with Crippen LogP contribution in [0, 0.1) is 3.57 Å². The summed E-state index contributed by atoms with van der Waals surface area (Å²) in [6, 6.07) is 14.9. The summed E-state index contributed by atoms with van der Waals surface area (Å²) in [6.45, 7) is 2.93. The van der Waals surface area contributed by atoms with E-state index in [4.69, 9.17) is 0 Å². The maximum atomic E-state index is 12.6. The Kier molecular flexibility index (Phi) is 5.73. The van der Waals surface area contributed by atoms with E-state index in [0.717, 1.165) is 23.0 Å². The number of piperidine rings is 1. The van der Waals surface area contributed by atoms with Gasteiger partial charge in [-0.25, -0.2) is 0 Å². The molecule has 2 aromatic rings. The number of amides is 2. The summed E-state index contributed by atoms with van der Waals surface area (Å²) in [6.07, 6.45) is 3.32. The first-order chi connectivity index (χ1) is 12.0. The molecule has 0 radical (unpaired) electrons. The molecular weight excluding hydrogens is 427 g/mol. The van der Waals surface area contributed by atoms with Crippen LogP contribution in [0.4, 0.5) is 5.69 Å². The van der Waals surface area contributed by atoms with Gasteiger partial charge in [-0.05, 0) is 91.2 Å². The fourth-order valence-electron chi connectivity index (χ4n) is 3.09. The average Bonchev–Trinajstić information content (AvgIpc) is 2.62. The summed E-state index contributed by atoms with van der Waals surface area (Å²) in [7, 11) is 0. The first-order valence-electron chi connectivity index (χ1n) is 8.52. The second-order valence-corrected chi connectivity index (χ2v) is 7.63. The SMILES string of the molecule is CC1CCCCN1C(=O)c1ccc(NC(=O)c2cccc(I)c2)cc1. The molecule has 0 aromatic heterocycles. The molecule has 0 aliphatic carbocycles. The monoisotopic (exact) mass is 448 g/mol.